The van der Waals surface area contributed by atoms with Crippen LogP contribution >= 0.6 is 0 Å². The van der Waals surface area contributed by atoms with Gasteiger partial charge in [0.1, 0.15) is 0 Å². The first-order valence-corrected chi connectivity index (χ1v) is 5.90. The van der Waals surface area contributed by atoms with E-state index in [9.17, 15) is 10.2 Å². The summed E-state index contributed by atoms with van der Waals surface area (Å²) in [6.07, 6.45) is 0.307. The van der Waals surface area contributed by atoms with Crippen LogP contribution in [0.5, 0.6) is 0 Å². The molecule has 0 aliphatic heterocycles. The highest BCUT2D eigenvalue weighted by Crippen LogP contribution is 2.18. The van der Waals surface area contributed by atoms with Crippen LogP contribution in [0.1, 0.15) is 26.7 Å². The van der Waals surface area contributed by atoms with Gasteiger partial charge in [-0.1, -0.05) is 13.8 Å². The monoisotopic (exact) mass is 235 g/mol. The van der Waals surface area contributed by atoms with E-state index in [2.05, 4.69) is 5.32 Å². The summed E-state index contributed by atoms with van der Waals surface area (Å²) in [7, 11) is 0. The normalized spacial score (nSPS) is 14.1. The molecule has 0 aromatic carbocycles. The number of ether oxygens (including phenoxy) is 1. The first-order valence-electron chi connectivity index (χ1n) is 5.90. The zero-order chi connectivity index (χ0) is 12.4. The van der Waals surface area contributed by atoms with E-state index in [1.165, 1.54) is 0 Å². The number of hydrogen-bond donors (Lipinski definition) is 4. The Hall–Kier alpha value is -0.200. The van der Waals surface area contributed by atoms with Crippen molar-refractivity contribution >= 4 is 0 Å². The summed E-state index contributed by atoms with van der Waals surface area (Å²) < 4.78 is 5.05. The van der Waals surface area contributed by atoms with Crippen molar-refractivity contribution in [3.63, 3.8) is 0 Å². The molecule has 0 aromatic rings. The van der Waals surface area contributed by atoms with Gasteiger partial charge in [0.25, 0.3) is 0 Å². The second-order valence-corrected chi connectivity index (χ2v) is 3.87. The quantitative estimate of drug-likeness (QED) is 0.384. The molecule has 5 nitrogen and oxygen atoms in total. The SMILES string of the molecule is CCC(O)(CC)C(O)CNCCOCCO. The van der Waals surface area contributed by atoms with E-state index in [1.807, 2.05) is 13.8 Å². The van der Waals surface area contributed by atoms with Crippen molar-refractivity contribution in [2.75, 3.05) is 32.9 Å². The van der Waals surface area contributed by atoms with Crippen molar-refractivity contribution in [2.24, 2.45) is 0 Å². The van der Waals surface area contributed by atoms with Gasteiger partial charge in [-0.15, -0.1) is 0 Å². The second kappa shape index (κ2) is 8.90. The van der Waals surface area contributed by atoms with Gasteiger partial charge in [-0.2, -0.15) is 0 Å². The minimum Gasteiger partial charge on any atom is -0.394 e. The lowest BCUT2D eigenvalue weighted by Gasteiger charge is -2.31. The Morgan fingerprint density at radius 2 is 1.88 bits per heavy atom. The molecule has 0 rings (SSSR count). The zero-order valence-corrected chi connectivity index (χ0v) is 10.3. The molecule has 0 aromatic heterocycles. The average molecular weight is 235 g/mol. The minimum absolute atomic E-state index is 0.0219. The standard InChI is InChI=1S/C11H25NO4/c1-3-11(15,4-2)10(14)9-12-5-7-16-8-6-13/h10,12-15H,3-9H2,1-2H3. The fourth-order valence-corrected chi connectivity index (χ4v) is 1.46. The van der Waals surface area contributed by atoms with Gasteiger partial charge >= 0.3 is 0 Å². The molecule has 4 N–H and O–H groups in total. The topological polar surface area (TPSA) is 82.0 Å². The maximum atomic E-state index is 9.98. The number of hydrogen-bond acceptors (Lipinski definition) is 5. The highest BCUT2D eigenvalue weighted by atomic mass is 16.5. The Kier molecular flexibility index (Phi) is 8.78. The van der Waals surface area contributed by atoms with E-state index in [-0.39, 0.29) is 6.61 Å². The van der Waals surface area contributed by atoms with E-state index in [1.54, 1.807) is 0 Å². The van der Waals surface area contributed by atoms with Gasteiger partial charge in [0.15, 0.2) is 0 Å². The summed E-state index contributed by atoms with van der Waals surface area (Å²) in [4.78, 5) is 0. The summed E-state index contributed by atoms with van der Waals surface area (Å²) in [6, 6.07) is 0. The molecule has 5 heteroatoms. The third-order valence-corrected chi connectivity index (χ3v) is 2.84. The lowest BCUT2D eigenvalue weighted by atomic mass is 9.91. The number of rotatable bonds is 10. The summed E-state index contributed by atoms with van der Waals surface area (Å²) >= 11 is 0. The predicted molar refractivity (Wildman–Crippen MR) is 62.3 cm³/mol. The van der Waals surface area contributed by atoms with Crippen molar-refractivity contribution < 1.29 is 20.1 Å². The Bertz CT molecular complexity index is 162. The Morgan fingerprint density at radius 3 is 2.38 bits per heavy atom. The molecule has 0 radical (unpaired) electrons. The zero-order valence-electron chi connectivity index (χ0n) is 10.3. The molecule has 0 saturated heterocycles. The lowest BCUT2D eigenvalue weighted by molar-refractivity contribution is -0.0784. The smallest absolute Gasteiger partial charge is 0.0950 e. The second-order valence-electron chi connectivity index (χ2n) is 3.87. The summed E-state index contributed by atoms with van der Waals surface area (Å²) in [5.74, 6) is 0. The molecule has 16 heavy (non-hydrogen) atoms. The van der Waals surface area contributed by atoms with Crippen LogP contribution in [0.25, 0.3) is 0 Å². The van der Waals surface area contributed by atoms with Crippen molar-refractivity contribution in [2.45, 2.75) is 38.4 Å². The highest BCUT2D eigenvalue weighted by molar-refractivity contribution is 4.85. The van der Waals surface area contributed by atoms with Crippen LogP contribution < -0.4 is 5.32 Å². The van der Waals surface area contributed by atoms with Crippen LogP contribution in [0, 0.1) is 0 Å². The third kappa shape index (κ3) is 5.77. The van der Waals surface area contributed by atoms with E-state index in [4.69, 9.17) is 9.84 Å². The van der Waals surface area contributed by atoms with Gasteiger partial charge in [-0.3, -0.25) is 0 Å². The first kappa shape index (κ1) is 15.8. The fourth-order valence-electron chi connectivity index (χ4n) is 1.46. The molecule has 0 amide bonds. The molecule has 98 valence electrons. The molecule has 0 aliphatic rings. The van der Waals surface area contributed by atoms with Crippen LogP contribution in [0.15, 0.2) is 0 Å². The van der Waals surface area contributed by atoms with Gasteiger partial charge in [-0.25, -0.2) is 0 Å². The van der Waals surface area contributed by atoms with Crippen molar-refractivity contribution in [3.05, 3.63) is 0 Å². The molecule has 0 aliphatic carbocycles. The number of nitrogens with one attached hydrogen (secondary N) is 1. The van der Waals surface area contributed by atoms with Gasteiger partial charge < -0.3 is 25.4 Å². The lowest BCUT2D eigenvalue weighted by Crippen LogP contribution is -2.47. The number of aliphatic hydroxyl groups is 3. The summed E-state index contributed by atoms with van der Waals surface area (Å²) in [5.41, 5.74) is -1.00. The van der Waals surface area contributed by atoms with Crippen LogP contribution in [-0.4, -0.2) is 59.9 Å². The molecule has 1 atom stereocenters. The van der Waals surface area contributed by atoms with Gasteiger partial charge in [-0.05, 0) is 12.8 Å². The van der Waals surface area contributed by atoms with Gasteiger partial charge in [0.2, 0.25) is 0 Å². The first-order chi connectivity index (χ1) is 7.60. The van der Waals surface area contributed by atoms with E-state index in [0.717, 1.165) is 0 Å². The van der Waals surface area contributed by atoms with Crippen molar-refractivity contribution in [1.82, 2.24) is 5.32 Å². The maximum absolute atomic E-state index is 9.98. The molecular formula is C11H25NO4. The Balaban J connectivity index is 3.60. The summed E-state index contributed by atoms with van der Waals surface area (Å²) in [6.45, 7) is 5.51. The van der Waals surface area contributed by atoms with Gasteiger partial charge in [0.05, 0.1) is 31.5 Å². The Morgan fingerprint density at radius 1 is 1.25 bits per heavy atom. The van der Waals surface area contributed by atoms with Crippen LogP contribution in [0.3, 0.4) is 0 Å². The predicted octanol–water partition coefficient (Wildman–Crippen LogP) is -0.503. The van der Waals surface area contributed by atoms with Crippen molar-refractivity contribution in [1.29, 1.82) is 0 Å². The third-order valence-electron chi connectivity index (χ3n) is 2.84. The minimum atomic E-state index is -1.00. The van der Waals surface area contributed by atoms with E-state index in [0.29, 0.717) is 39.1 Å². The molecular weight excluding hydrogens is 210 g/mol. The van der Waals surface area contributed by atoms with Crippen LogP contribution in [-0.2, 0) is 4.74 Å². The van der Waals surface area contributed by atoms with Crippen molar-refractivity contribution in [3.8, 4) is 0 Å². The average Bonchev–Trinajstić information content (AvgIpc) is 2.32. The van der Waals surface area contributed by atoms with E-state index >= 15 is 0 Å². The molecule has 0 bridgehead atoms. The largest absolute Gasteiger partial charge is 0.394 e. The Labute approximate surface area is 97.4 Å². The molecule has 0 heterocycles. The molecule has 0 spiro atoms. The number of aliphatic hydroxyl groups excluding tert-OH is 2. The highest BCUT2D eigenvalue weighted by Gasteiger charge is 2.31. The maximum Gasteiger partial charge on any atom is 0.0950 e. The fraction of sp³-hybridized carbons (Fsp3) is 1.00. The summed E-state index contributed by atoms with van der Waals surface area (Å²) in [5, 5.41) is 31.2. The van der Waals surface area contributed by atoms with E-state index < -0.39 is 11.7 Å². The van der Waals surface area contributed by atoms with Crippen LogP contribution in [0.2, 0.25) is 0 Å². The van der Waals surface area contributed by atoms with Gasteiger partial charge in [0, 0.05) is 13.1 Å². The van der Waals surface area contributed by atoms with Crippen LogP contribution in [0.4, 0.5) is 0 Å². The molecule has 0 fully saturated rings. The molecule has 1 unspecified atom stereocenters. The molecule has 0 saturated carbocycles.